The Hall–Kier alpha value is -2.64. The fraction of sp³-hybridized carbons (Fsp3) is 0.143. The predicted molar refractivity (Wildman–Crippen MR) is 69.9 cm³/mol. The number of amides is 1. The monoisotopic (exact) mass is 314 g/mol. The second-order valence-electron chi connectivity index (χ2n) is 4.26. The topological polar surface area (TPSA) is 51.2 Å². The van der Waals surface area contributed by atoms with Crippen LogP contribution >= 0.6 is 0 Å². The lowest BCUT2D eigenvalue weighted by Gasteiger charge is -2.10. The maximum atomic E-state index is 13.8. The van der Waals surface area contributed by atoms with E-state index in [-0.39, 0.29) is 5.82 Å². The third kappa shape index (κ3) is 3.51. The van der Waals surface area contributed by atoms with Crippen molar-refractivity contribution in [2.45, 2.75) is 13.5 Å². The van der Waals surface area contributed by atoms with Crippen LogP contribution in [0.3, 0.4) is 0 Å². The molecule has 0 radical (unpaired) electrons. The third-order valence-electron chi connectivity index (χ3n) is 2.71. The van der Waals surface area contributed by atoms with Crippen LogP contribution in [0, 0.1) is 18.6 Å². The number of benzene rings is 1. The van der Waals surface area contributed by atoms with Crippen LogP contribution in [0.5, 0.6) is 5.75 Å². The maximum absolute atomic E-state index is 13.8. The first-order chi connectivity index (χ1) is 10.4. The molecule has 8 heteroatoms. The van der Waals surface area contributed by atoms with E-state index in [4.69, 9.17) is 0 Å². The molecule has 0 aliphatic carbocycles. The summed E-state index contributed by atoms with van der Waals surface area (Å²) in [4.78, 5) is 15.8. The number of aromatic nitrogens is 1. The molecule has 0 unspecified atom stereocenters. The van der Waals surface area contributed by atoms with E-state index in [1.165, 1.54) is 6.20 Å². The van der Waals surface area contributed by atoms with Crippen LogP contribution in [0.4, 0.5) is 23.4 Å². The van der Waals surface area contributed by atoms with Crippen molar-refractivity contribution in [3.8, 4) is 5.75 Å². The highest BCUT2D eigenvalue weighted by molar-refractivity contribution is 6.04. The first-order valence-corrected chi connectivity index (χ1v) is 6.05. The third-order valence-corrected chi connectivity index (χ3v) is 2.71. The summed E-state index contributed by atoms with van der Waals surface area (Å²) in [5, 5.41) is 2.25. The largest absolute Gasteiger partial charge is 0.435 e. The van der Waals surface area contributed by atoms with E-state index in [1.807, 2.05) is 0 Å². The Morgan fingerprint density at radius 1 is 1.27 bits per heavy atom. The molecule has 0 aliphatic rings. The van der Waals surface area contributed by atoms with Crippen molar-refractivity contribution in [3.63, 3.8) is 0 Å². The Morgan fingerprint density at radius 3 is 2.45 bits per heavy atom. The molecule has 1 amide bonds. The summed E-state index contributed by atoms with van der Waals surface area (Å²) in [6, 6.07) is 4.29. The Kier molecular flexibility index (Phi) is 4.59. The van der Waals surface area contributed by atoms with E-state index >= 15 is 0 Å². The average molecular weight is 314 g/mol. The van der Waals surface area contributed by atoms with E-state index in [0.29, 0.717) is 17.7 Å². The van der Waals surface area contributed by atoms with Gasteiger partial charge in [-0.3, -0.25) is 4.79 Å². The van der Waals surface area contributed by atoms with E-state index < -0.39 is 35.5 Å². The summed E-state index contributed by atoms with van der Waals surface area (Å²) < 4.78 is 55.5. The molecule has 4 nitrogen and oxygen atoms in total. The summed E-state index contributed by atoms with van der Waals surface area (Å²) in [6.07, 6.45) is 1.40. The predicted octanol–water partition coefficient (Wildman–Crippen LogP) is 3.52. The van der Waals surface area contributed by atoms with E-state index in [1.54, 1.807) is 19.1 Å². The lowest BCUT2D eigenvalue weighted by Crippen LogP contribution is -2.17. The average Bonchev–Trinajstić information content (AvgIpc) is 2.39. The molecular weight excluding hydrogens is 304 g/mol. The van der Waals surface area contributed by atoms with Crippen molar-refractivity contribution in [2.75, 3.05) is 5.32 Å². The van der Waals surface area contributed by atoms with Gasteiger partial charge in [0.1, 0.15) is 28.8 Å². The van der Waals surface area contributed by atoms with Crippen LogP contribution in [0.2, 0.25) is 0 Å². The quantitative estimate of drug-likeness (QED) is 0.879. The van der Waals surface area contributed by atoms with Gasteiger partial charge in [-0.15, -0.1) is 0 Å². The molecule has 0 fully saturated rings. The second kappa shape index (κ2) is 6.42. The minimum Gasteiger partial charge on any atom is -0.435 e. The van der Waals surface area contributed by atoms with Gasteiger partial charge in [-0.1, -0.05) is 6.07 Å². The van der Waals surface area contributed by atoms with Crippen molar-refractivity contribution in [1.82, 2.24) is 4.98 Å². The normalized spacial score (nSPS) is 10.6. The number of ether oxygens (including phenoxy) is 1. The Morgan fingerprint density at radius 2 is 1.91 bits per heavy atom. The zero-order valence-corrected chi connectivity index (χ0v) is 11.2. The van der Waals surface area contributed by atoms with Crippen molar-refractivity contribution in [3.05, 3.63) is 53.2 Å². The number of rotatable bonds is 4. The minimum absolute atomic E-state index is 0.138. The zero-order chi connectivity index (χ0) is 16.3. The zero-order valence-electron chi connectivity index (χ0n) is 11.2. The van der Waals surface area contributed by atoms with Crippen LogP contribution in [-0.4, -0.2) is 17.5 Å². The minimum atomic E-state index is -3.23. The van der Waals surface area contributed by atoms with Gasteiger partial charge in [0.2, 0.25) is 0 Å². The molecule has 0 bridgehead atoms. The number of nitrogens with one attached hydrogen (secondary N) is 1. The highest BCUT2D eigenvalue weighted by atomic mass is 19.3. The Balaban J connectivity index is 2.28. The standard InChI is InChI=1S/C14H10F4N2O2/c1-7-3-2-4-19-12(7)20-13(21)11-9(15)5-8(6-10(11)16)22-14(17)18/h2-6,14H,1H3,(H,19,20,21). The number of halogens is 4. The lowest BCUT2D eigenvalue weighted by molar-refractivity contribution is -0.0501. The van der Waals surface area contributed by atoms with Crippen LogP contribution < -0.4 is 10.1 Å². The van der Waals surface area contributed by atoms with Gasteiger partial charge in [-0.05, 0) is 18.6 Å². The molecule has 0 saturated heterocycles. The van der Waals surface area contributed by atoms with Gasteiger partial charge in [-0.25, -0.2) is 13.8 Å². The molecule has 0 saturated carbocycles. The SMILES string of the molecule is Cc1cccnc1NC(=O)c1c(F)cc(OC(F)F)cc1F. The van der Waals surface area contributed by atoms with Crippen LogP contribution in [-0.2, 0) is 0 Å². The molecule has 22 heavy (non-hydrogen) atoms. The van der Waals surface area contributed by atoms with Gasteiger partial charge in [-0.2, -0.15) is 8.78 Å². The number of aryl methyl sites for hydroxylation is 1. The Bertz CT molecular complexity index is 684. The summed E-state index contributed by atoms with van der Waals surface area (Å²) in [5.74, 6) is -4.29. The van der Waals surface area contributed by atoms with Crippen molar-refractivity contribution >= 4 is 11.7 Å². The van der Waals surface area contributed by atoms with Gasteiger partial charge in [0, 0.05) is 18.3 Å². The van der Waals surface area contributed by atoms with E-state index in [9.17, 15) is 22.4 Å². The number of hydrogen-bond donors (Lipinski definition) is 1. The molecule has 0 atom stereocenters. The number of hydrogen-bond acceptors (Lipinski definition) is 3. The summed E-state index contributed by atoms with van der Waals surface area (Å²) in [6.45, 7) is -1.58. The van der Waals surface area contributed by atoms with Gasteiger partial charge in [0.15, 0.2) is 0 Å². The highest BCUT2D eigenvalue weighted by Gasteiger charge is 2.21. The molecule has 1 aromatic heterocycles. The smallest absolute Gasteiger partial charge is 0.387 e. The van der Waals surface area contributed by atoms with E-state index in [2.05, 4.69) is 15.0 Å². The number of nitrogens with zero attached hydrogens (tertiary/aromatic N) is 1. The van der Waals surface area contributed by atoms with Gasteiger partial charge >= 0.3 is 6.61 Å². The fourth-order valence-corrected chi connectivity index (χ4v) is 1.72. The molecule has 0 spiro atoms. The van der Waals surface area contributed by atoms with Gasteiger partial charge < -0.3 is 10.1 Å². The molecule has 2 aromatic rings. The molecule has 1 aromatic carbocycles. The number of carbonyl (C=O) groups excluding carboxylic acids is 1. The molecule has 2 rings (SSSR count). The lowest BCUT2D eigenvalue weighted by atomic mass is 10.1. The second-order valence-corrected chi connectivity index (χ2v) is 4.26. The number of carbonyl (C=O) groups is 1. The first kappa shape index (κ1) is 15.7. The van der Waals surface area contributed by atoms with Gasteiger partial charge in [0.25, 0.3) is 5.91 Å². The first-order valence-electron chi connectivity index (χ1n) is 6.05. The molecule has 1 heterocycles. The molecule has 1 N–H and O–H groups in total. The van der Waals surface area contributed by atoms with Crippen LogP contribution in [0.25, 0.3) is 0 Å². The fourth-order valence-electron chi connectivity index (χ4n) is 1.72. The van der Waals surface area contributed by atoms with Crippen molar-refractivity contribution in [1.29, 1.82) is 0 Å². The number of pyridine rings is 1. The van der Waals surface area contributed by atoms with Crippen LogP contribution in [0.1, 0.15) is 15.9 Å². The van der Waals surface area contributed by atoms with E-state index in [0.717, 1.165) is 0 Å². The molecule has 116 valence electrons. The summed E-state index contributed by atoms with van der Waals surface area (Å²) in [5.41, 5.74) is -0.319. The Labute approximate surface area is 122 Å². The molecule has 0 aliphatic heterocycles. The summed E-state index contributed by atoms with van der Waals surface area (Å²) >= 11 is 0. The summed E-state index contributed by atoms with van der Waals surface area (Å²) in [7, 11) is 0. The van der Waals surface area contributed by atoms with Crippen molar-refractivity contribution < 1.29 is 27.1 Å². The number of anilines is 1. The maximum Gasteiger partial charge on any atom is 0.387 e. The van der Waals surface area contributed by atoms with Crippen molar-refractivity contribution in [2.24, 2.45) is 0 Å². The van der Waals surface area contributed by atoms with Gasteiger partial charge in [0.05, 0.1) is 0 Å². The highest BCUT2D eigenvalue weighted by Crippen LogP contribution is 2.23. The van der Waals surface area contributed by atoms with Crippen LogP contribution in [0.15, 0.2) is 30.5 Å². The molecular formula is C14H10F4N2O2. The number of alkyl halides is 2.